The fourth-order valence-electron chi connectivity index (χ4n) is 1.19. The summed E-state index contributed by atoms with van der Waals surface area (Å²) in [5, 5.41) is 7.44. The van der Waals surface area contributed by atoms with Gasteiger partial charge in [-0.15, -0.1) is 5.10 Å². The number of fused-ring (bicyclic) bond motifs is 1. The molecule has 1 N–H and O–H groups in total. The standard InChI is InChI=1S/C9H11BrN4/c1-6(2)11-9-12-8-7(10)4-3-5-14(8)13-9/h3-6H,1-2H3,(H,11,13). The van der Waals surface area contributed by atoms with Crippen molar-refractivity contribution in [1.82, 2.24) is 14.6 Å². The van der Waals surface area contributed by atoms with Gasteiger partial charge < -0.3 is 5.32 Å². The second kappa shape index (κ2) is 3.57. The van der Waals surface area contributed by atoms with Gasteiger partial charge in [0.15, 0.2) is 5.65 Å². The molecule has 0 saturated carbocycles. The molecule has 0 bridgehead atoms. The van der Waals surface area contributed by atoms with Crippen molar-refractivity contribution in [2.24, 2.45) is 0 Å². The van der Waals surface area contributed by atoms with Gasteiger partial charge in [0, 0.05) is 12.2 Å². The summed E-state index contributed by atoms with van der Waals surface area (Å²) in [6.45, 7) is 4.11. The van der Waals surface area contributed by atoms with Gasteiger partial charge in [0.05, 0.1) is 4.47 Å². The maximum atomic E-state index is 4.35. The van der Waals surface area contributed by atoms with Gasteiger partial charge in [0.2, 0.25) is 5.95 Å². The summed E-state index contributed by atoms with van der Waals surface area (Å²) >= 11 is 3.43. The van der Waals surface area contributed by atoms with Crippen LogP contribution < -0.4 is 5.32 Å². The van der Waals surface area contributed by atoms with Gasteiger partial charge in [0.1, 0.15) is 0 Å². The maximum Gasteiger partial charge on any atom is 0.243 e. The van der Waals surface area contributed by atoms with Crippen molar-refractivity contribution in [2.45, 2.75) is 19.9 Å². The molecule has 2 aromatic heterocycles. The summed E-state index contributed by atoms with van der Waals surface area (Å²) in [5.41, 5.74) is 0.829. The molecule has 4 nitrogen and oxygen atoms in total. The van der Waals surface area contributed by atoms with Crippen LogP contribution in [0.1, 0.15) is 13.8 Å². The first-order valence-corrected chi connectivity index (χ1v) is 5.23. The van der Waals surface area contributed by atoms with Crippen LogP contribution in [0.15, 0.2) is 22.8 Å². The summed E-state index contributed by atoms with van der Waals surface area (Å²) in [6, 6.07) is 4.21. The molecular formula is C9H11BrN4. The molecule has 0 aromatic carbocycles. The SMILES string of the molecule is CC(C)Nc1nc2c(Br)cccn2n1. The van der Waals surface area contributed by atoms with Crippen molar-refractivity contribution in [3.05, 3.63) is 22.8 Å². The Morgan fingerprint density at radius 3 is 2.93 bits per heavy atom. The molecule has 2 rings (SSSR count). The normalized spacial score (nSPS) is 11.1. The lowest BCUT2D eigenvalue weighted by molar-refractivity contribution is 0.865. The maximum absolute atomic E-state index is 4.35. The quantitative estimate of drug-likeness (QED) is 0.895. The van der Waals surface area contributed by atoms with Crippen molar-refractivity contribution >= 4 is 27.5 Å². The third-order valence-electron chi connectivity index (χ3n) is 1.73. The molecule has 0 aliphatic rings. The van der Waals surface area contributed by atoms with E-state index in [-0.39, 0.29) is 0 Å². The van der Waals surface area contributed by atoms with E-state index in [2.05, 4.69) is 45.2 Å². The zero-order chi connectivity index (χ0) is 10.1. The zero-order valence-corrected chi connectivity index (χ0v) is 9.62. The van der Waals surface area contributed by atoms with Crippen LogP contribution in [0, 0.1) is 0 Å². The van der Waals surface area contributed by atoms with E-state index in [1.54, 1.807) is 4.52 Å². The van der Waals surface area contributed by atoms with E-state index in [9.17, 15) is 0 Å². The van der Waals surface area contributed by atoms with Gasteiger partial charge >= 0.3 is 0 Å². The fraction of sp³-hybridized carbons (Fsp3) is 0.333. The molecule has 0 aliphatic heterocycles. The molecule has 0 saturated heterocycles. The second-order valence-electron chi connectivity index (χ2n) is 3.36. The van der Waals surface area contributed by atoms with Crippen molar-refractivity contribution < 1.29 is 0 Å². The zero-order valence-electron chi connectivity index (χ0n) is 8.03. The Bertz CT molecular complexity index is 449. The van der Waals surface area contributed by atoms with Gasteiger partial charge in [-0.05, 0) is 41.9 Å². The van der Waals surface area contributed by atoms with Crippen LogP contribution in [-0.2, 0) is 0 Å². The van der Waals surface area contributed by atoms with E-state index < -0.39 is 0 Å². The molecule has 0 fully saturated rings. The van der Waals surface area contributed by atoms with Crippen LogP contribution in [0.25, 0.3) is 5.65 Å². The minimum atomic E-state index is 0.339. The number of hydrogen-bond acceptors (Lipinski definition) is 3. The van der Waals surface area contributed by atoms with Crippen molar-refractivity contribution in [2.75, 3.05) is 5.32 Å². The van der Waals surface area contributed by atoms with Crippen LogP contribution in [0.2, 0.25) is 0 Å². The summed E-state index contributed by atoms with van der Waals surface area (Å²) < 4.78 is 2.69. The Labute approximate surface area is 90.5 Å². The lowest BCUT2D eigenvalue weighted by Gasteiger charge is -2.02. The number of aromatic nitrogens is 3. The average molecular weight is 255 g/mol. The smallest absolute Gasteiger partial charge is 0.243 e. The Hall–Kier alpha value is -1.10. The summed E-state index contributed by atoms with van der Waals surface area (Å²) in [6.07, 6.45) is 1.87. The predicted molar refractivity (Wildman–Crippen MR) is 59.4 cm³/mol. The van der Waals surface area contributed by atoms with E-state index >= 15 is 0 Å². The number of halogens is 1. The predicted octanol–water partition coefficient (Wildman–Crippen LogP) is 2.31. The molecule has 0 unspecified atom stereocenters. The number of anilines is 1. The minimum absolute atomic E-state index is 0.339. The molecule has 0 atom stereocenters. The summed E-state index contributed by atoms with van der Waals surface area (Å²) in [5.74, 6) is 0.659. The number of pyridine rings is 1. The first kappa shape index (κ1) is 9.45. The van der Waals surface area contributed by atoms with Gasteiger partial charge in [-0.2, -0.15) is 4.98 Å². The molecule has 5 heteroatoms. The Kier molecular flexibility index (Phi) is 2.41. The molecule has 14 heavy (non-hydrogen) atoms. The van der Waals surface area contributed by atoms with E-state index in [4.69, 9.17) is 0 Å². The highest BCUT2D eigenvalue weighted by molar-refractivity contribution is 9.10. The molecule has 0 amide bonds. The molecule has 74 valence electrons. The Morgan fingerprint density at radius 1 is 1.50 bits per heavy atom. The molecule has 2 aromatic rings. The van der Waals surface area contributed by atoms with Crippen LogP contribution in [0.4, 0.5) is 5.95 Å². The first-order chi connectivity index (χ1) is 6.66. The molecule has 0 aliphatic carbocycles. The van der Waals surface area contributed by atoms with E-state index in [0.717, 1.165) is 10.1 Å². The first-order valence-electron chi connectivity index (χ1n) is 4.44. The number of nitrogens with zero attached hydrogens (tertiary/aromatic N) is 3. The topological polar surface area (TPSA) is 42.2 Å². The van der Waals surface area contributed by atoms with E-state index in [1.807, 2.05) is 18.3 Å². The lowest BCUT2D eigenvalue weighted by Crippen LogP contribution is -2.10. The van der Waals surface area contributed by atoms with Gasteiger partial charge in [-0.1, -0.05) is 0 Å². The van der Waals surface area contributed by atoms with Crippen LogP contribution >= 0.6 is 15.9 Å². The van der Waals surface area contributed by atoms with Crippen molar-refractivity contribution in [3.8, 4) is 0 Å². The van der Waals surface area contributed by atoms with Gasteiger partial charge in [-0.3, -0.25) is 0 Å². The van der Waals surface area contributed by atoms with Crippen molar-refractivity contribution in [1.29, 1.82) is 0 Å². The van der Waals surface area contributed by atoms with Gasteiger partial charge in [-0.25, -0.2) is 4.52 Å². The number of rotatable bonds is 2. The minimum Gasteiger partial charge on any atom is -0.351 e. The fourth-order valence-corrected chi connectivity index (χ4v) is 1.62. The molecule has 0 radical (unpaired) electrons. The average Bonchev–Trinajstić information content (AvgIpc) is 2.47. The summed E-state index contributed by atoms with van der Waals surface area (Å²) in [7, 11) is 0. The lowest BCUT2D eigenvalue weighted by atomic mass is 10.4. The highest BCUT2D eigenvalue weighted by Gasteiger charge is 2.06. The molecular weight excluding hydrogens is 244 g/mol. The third kappa shape index (κ3) is 1.72. The van der Waals surface area contributed by atoms with Crippen LogP contribution in [0.5, 0.6) is 0 Å². The Balaban J connectivity index is 2.46. The molecule has 2 heterocycles. The Morgan fingerprint density at radius 2 is 2.29 bits per heavy atom. The van der Waals surface area contributed by atoms with Gasteiger partial charge in [0.25, 0.3) is 0 Å². The number of nitrogens with one attached hydrogen (secondary N) is 1. The summed E-state index contributed by atoms with van der Waals surface area (Å²) in [4.78, 5) is 4.35. The van der Waals surface area contributed by atoms with E-state index in [1.165, 1.54) is 0 Å². The van der Waals surface area contributed by atoms with Crippen molar-refractivity contribution in [3.63, 3.8) is 0 Å². The van der Waals surface area contributed by atoms with E-state index in [0.29, 0.717) is 12.0 Å². The highest BCUT2D eigenvalue weighted by atomic mass is 79.9. The molecule has 0 spiro atoms. The van der Waals surface area contributed by atoms with Crippen LogP contribution in [-0.4, -0.2) is 20.6 Å². The third-order valence-corrected chi connectivity index (χ3v) is 2.35. The van der Waals surface area contributed by atoms with Crippen LogP contribution in [0.3, 0.4) is 0 Å². The number of hydrogen-bond donors (Lipinski definition) is 1. The highest BCUT2D eigenvalue weighted by Crippen LogP contribution is 2.16. The largest absolute Gasteiger partial charge is 0.351 e. The monoisotopic (exact) mass is 254 g/mol. The second-order valence-corrected chi connectivity index (χ2v) is 4.21.